The SMILES string of the molecule is [2H]c1c([2H])c([2H])c(-c2cnc(-n3c4[c-]c(Oc5[c-]c(-n6[c-][n+](-c7c(-c8c([2H])c([2H])c([2H])c([2H])c8[2H])cc(C(C)(C)C)cc7-c7c([2H])c([2H])c8c(c7[2H])C(C([2H])([2H])[2H])(C([2H])([2H])[2H])C([2H])([2H])C([2H])([2H])C8(C([2H])([2H])[2H])C([2H])([2H])[2H])c7ccccc76)ccc5)ccc4c4ccccc43)cc2C([2H])([2H])[2H])c([2H])c1[2H].[Pt]. The van der Waals surface area contributed by atoms with E-state index in [1.807, 2.05) is 6.07 Å². The van der Waals surface area contributed by atoms with Crippen LogP contribution in [0.15, 0.2) is 182 Å². The molecule has 0 atom stereocenters. The van der Waals surface area contributed by atoms with Crippen molar-refractivity contribution in [1.82, 2.24) is 14.1 Å². The zero-order valence-electron chi connectivity index (χ0n) is 70.8. The molecule has 0 unspecified atom stereocenters. The van der Waals surface area contributed by atoms with Crippen LogP contribution in [-0.4, -0.2) is 14.1 Å². The summed E-state index contributed by atoms with van der Waals surface area (Å²) in [4.78, 5) is 4.63. The minimum Gasteiger partial charge on any atom is -0.510 e. The second-order valence-electron chi connectivity index (χ2n) is 18.2. The van der Waals surface area contributed by atoms with Crippen LogP contribution in [0.25, 0.3) is 83.4 Å². The van der Waals surface area contributed by atoms with E-state index >= 15 is 0 Å². The number of pyridine rings is 1. The second kappa shape index (κ2) is 18.3. The van der Waals surface area contributed by atoms with E-state index in [0.717, 1.165) is 6.20 Å². The van der Waals surface area contributed by atoms with E-state index in [9.17, 15) is 12.3 Å². The van der Waals surface area contributed by atoms with Gasteiger partial charge in [-0.1, -0.05) is 187 Å². The number of nitrogens with zero attached hydrogens (tertiary/aromatic N) is 4. The molecule has 3 heterocycles. The number of ether oxygens (including phenoxy) is 1. The van der Waals surface area contributed by atoms with Crippen molar-refractivity contribution < 1.29 is 74.2 Å². The van der Waals surface area contributed by atoms with Crippen molar-refractivity contribution in [2.45, 2.75) is 84.0 Å². The van der Waals surface area contributed by atoms with E-state index in [1.165, 1.54) is 39.5 Å². The maximum atomic E-state index is 10.4. The van der Waals surface area contributed by atoms with E-state index < -0.39 is 175 Å². The third-order valence-corrected chi connectivity index (χ3v) is 12.5. The number of aromatic nitrogens is 4. The van der Waals surface area contributed by atoms with Gasteiger partial charge >= 0.3 is 0 Å². The Morgan fingerprint density at radius 3 is 2.07 bits per heavy atom. The van der Waals surface area contributed by atoms with Crippen LogP contribution in [0.2, 0.25) is 0 Å². The van der Waals surface area contributed by atoms with Crippen LogP contribution in [-0.2, 0) is 37.3 Å². The summed E-state index contributed by atoms with van der Waals surface area (Å²) >= 11 is 0. The molecule has 6 heteroatoms. The van der Waals surface area contributed by atoms with Crippen LogP contribution < -0.4 is 9.30 Å². The summed E-state index contributed by atoms with van der Waals surface area (Å²) < 4.78 is 300. The number of rotatable bonds is 8. The molecule has 0 radical (unpaired) electrons. The normalized spacial score (nSPS) is 22.6. The monoisotopic (exact) mass is 1160 g/mol. The fourth-order valence-corrected chi connectivity index (χ4v) is 8.96. The van der Waals surface area contributed by atoms with E-state index in [2.05, 4.69) is 23.4 Å². The molecule has 5 nitrogen and oxygen atoms in total. The van der Waals surface area contributed by atoms with Crippen molar-refractivity contribution in [2.75, 3.05) is 0 Å². The van der Waals surface area contributed by atoms with Gasteiger partial charge in [-0.05, 0) is 109 Å². The van der Waals surface area contributed by atoms with E-state index in [0.29, 0.717) is 21.8 Å². The number of imidazole rings is 1. The molecule has 0 amide bonds. The number of benzene rings is 8. The van der Waals surface area contributed by atoms with Crippen LogP contribution in [0.1, 0.15) is 127 Å². The van der Waals surface area contributed by atoms with Crippen molar-refractivity contribution in [1.29, 1.82) is 0 Å². The van der Waals surface area contributed by atoms with Gasteiger partial charge in [0.25, 0.3) is 6.33 Å². The molecule has 73 heavy (non-hydrogen) atoms. The summed E-state index contributed by atoms with van der Waals surface area (Å²) in [7, 11) is 0. The standard InChI is InChI=1S/C67H58N4O.Pt/c1-44-36-63(68-42-56(44)46-22-13-10-14-23-46)71-59-27-16-15-26-52(59)53-32-31-51(41-62(53)71)72-50-25-19-24-49(40-50)69-43-70(61-29-18-17-28-60(61)69)64-54(45-20-11-9-12-21-45)38-48(65(2,3)4)39-55(64)47-30-33-57-58(37-47)67(7,8)35-34-66(57,5)6;/h9-33,36-39,42H,34-35H2,1-8H3;/q-2;/i1D3,5D3,6D3,7D3,8D3,9D,10D,11D,12D,13D,14D,20D,21D,22D,23D,30D,33D,34D2,35D2,37D;. The molecular formula is C67H58N4OPt-2. The first kappa shape index (κ1) is 23.7. The van der Waals surface area contributed by atoms with Crippen molar-refractivity contribution >= 4 is 32.8 Å². The zero-order valence-corrected chi connectivity index (χ0v) is 41.1. The molecule has 1 aliphatic carbocycles. The van der Waals surface area contributed by atoms with Gasteiger partial charge in [0, 0.05) is 75.9 Å². The minimum absolute atomic E-state index is 0. The van der Waals surface area contributed by atoms with Gasteiger partial charge in [-0.2, -0.15) is 18.2 Å². The Morgan fingerprint density at radius 2 is 1.34 bits per heavy atom. The van der Waals surface area contributed by atoms with Crippen molar-refractivity contribution in [3.05, 3.63) is 223 Å². The fraction of sp³-hybridized carbons (Fsp3) is 0.194. The van der Waals surface area contributed by atoms with Crippen molar-refractivity contribution in [3.63, 3.8) is 0 Å². The smallest absolute Gasteiger partial charge is 0.268 e. The number of aryl methyl sites for hydroxylation is 1. The summed E-state index contributed by atoms with van der Waals surface area (Å²) in [5.41, 5.74) is -15.9. The molecule has 0 saturated heterocycles. The molecular weight excluding hydrogens is 1070 g/mol. The number of fused-ring (bicyclic) bond motifs is 5. The first-order chi connectivity index (χ1) is 47.9. The molecule has 0 saturated carbocycles. The molecule has 0 bridgehead atoms. The molecule has 0 spiro atoms. The van der Waals surface area contributed by atoms with Crippen LogP contribution in [0.5, 0.6) is 11.5 Å². The predicted octanol–water partition coefficient (Wildman–Crippen LogP) is 16.5. The molecule has 0 fully saturated rings. The quantitative estimate of drug-likeness (QED) is 0.112. The van der Waals surface area contributed by atoms with Gasteiger partial charge in [-0.3, -0.25) is 4.57 Å². The first-order valence-corrected chi connectivity index (χ1v) is 22.5. The molecule has 3 aromatic heterocycles. The van der Waals surface area contributed by atoms with E-state index in [1.54, 1.807) is 86.0 Å². The molecule has 12 rings (SSSR count). The largest absolute Gasteiger partial charge is 0.510 e. The Bertz CT molecular complexity index is 5380. The Hall–Kier alpha value is -7.33. The molecule has 0 aliphatic heterocycles. The van der Waals surface area contributed by atoms with E-state index in [4.69, 9.17) is 36.3 Å². The fourth-order valence-electron chi connectivity index (χ4n) is 8.96. The summed E-state index contributed by atoms with van der Waals surface area (Å²) in [5.74, 6) is 0.103. The Balaban J connectivity index is 0.0000110. The van der Waals surface area contributed by atoms with E-state index in [-0.39, 0.29) is 82.9 Å². The van der Waals surface area contributed by atoms with Crippen LogP contribution >= 0.6 is 0 Å². The maximum Gasteiger partial charge on any atom is 0.268 e. The van der Waals surface area contributed by atoms with Gasteiger partial charge in [-0.15, -0.1) is 29.7 Å². The van der Waals surface area contributed by atoms with Gasteiger partial charge in [0.05, 0.1) is 34.5 Å². The zero-order chi connectivity index (χ0) is 76.9. The summed E-state index contributed by atoms with van der Waals surface area (Å²) in [6.45, 7) is -15.5. The molecule has 11 aromatic rings. The first-order valence-electron chi connectivity index (χ1n) is 38.5. The number of hydrogen-bond acceptors (Lipinski definition) is 2. The third-order valence-electron chi connectivity index (χ3n) is 12.5. The minimum atomic E-state index is -4.68. The molecule has 364 valence electrons. The Labute approximate surface area is 489 Å². The molecule has 0 N–H and O–H groups in total. The van der Waals surface area contributed by atoms with Crippen LogP contribution in [0, 0.1) is 25.3 Å². The van der Waals surface area contributed by atoms with Gasteiger partial charge in [-0.25, -0.2) is 4.98 Å². The van der Waals surface area contributed by atoms with Crippen LogP contribution in [0.3, 0.4) is 0 Å². The van der Waals surface area contributed by atoms with Gasteiger partial charge in [0.15, 0.2) is 0 Å². The topological polar surface area (TPSA) is 35.9 Å². The van der Waals surface area contributed by atoms with Gasteiger partial charge in [0.1, 0.15) is 5.82 Å². The van der Waals surface area contributed by atoms with Gasteiger partial charge < -0.3 is 13.9 Å². The average molecular weight is 1160 g/mol. The Kier molecular flexibility index (Phi) is 5.94. The summed E-state index contributed by atoms with van der Waals surface area (Å²) in [5, 5.41) is 1.26. The third kappa shape index (κ3) is 8.52. The molecule has 1 aliphatic rings. The second-order valence-corrected chi connectivity index (χ2v) is 18.2. The number of hydrogen-bond donors (Lipinski definition) is 0. The molecule has 8 aromatic carbocycles. The van der Waals surface area contributed by atoms with Crippen molar-refractivity contribution in [2.24, 2.45) is 0 Å². The maximum absolute atomic E-state index is 10.4. The predicted molar refractivity (Wildman–Crippen MR) is 295 cm³/mol. The summed E-state index contributed by atoms with van der Waals surface area (Å²) in [6.07, 6.45) is -4.97. The van der Waals surface area contributed by atoms with Crippen molar-refractivity contribution in [3.8, 4) is 62.1 Å². The van der Waals surface area contributed by atoms with Crippen LogP contribution in [0.4, 0.5) is 0 Å². The average Bonchev–Trinajstić information content (AvgIpc) is 0.700. The number of para-hydroxylation sites is 3. The van der Waals surface area contributed by atoms with Gasteiger partial charge in [0.2, 0.25) is 0 Å². The summed E-state index contributed by atoms with van der Waals surface area (Å²) in [6, 6.07) is 19.7. The Morgan fingerprint density at radius 1 is 0.671 bits per heavy atom.